The molecule has 0 aliphatic carbocycles. The number of para-hydroxylation sites is 1. The van der Waals surface area contributed by atoms with Crippen molar-refractivity contribution >= 4 is 62.7 Å². The van der Waals surface area contributed by atoms with E-state index in [1.165, 1.54) is 21.1 Å². The highest BCUT2D eigenvalue weighted by Gasteiger charge is 2.38. The summed E-state index contributed by atoms with van der Waals surface area (Å²) >= 11 is 8.55. The number of thiazole rings is 1. The molecule has 2 aromatic rings. The second-order valence-corrected chi connectivity index (χ2v) is 9.97. The number of carbonyl (C=O) groups excluding carboxylic acids is 1. The molecule has 2 aliphatic rings. The monoisotopic (exact) mass is 484 g/mol. The fourth-order valence-electron chi connectivity index (χ4n) is 3.80. The zero-order chi connectivity index (χ0) is 23.2. The number of nitrogens with zero attached hydrogens (tertiary/aromatic N) is 4. The van der Waals surface area contributed by atoms with E-state index in [9.17, 15) is 9.59 Å². The number of benzene rings is 1. The van der Waals surface area contributed by atoms with Crippen LogP contribution in [0, 0.1) is 0 Å². The summed E-state index contributed by atoms with van der Waals surface area (Å²) in [6.45, 7) is 11.1. The van der Waals surface area contributed by atoms with Crippen molar-refractivity contribution in [3.63, 3.8) is 0 Å². The van der Waals surface area contributed by atoms with Crippen molar-refractivity contribution in [2.75, 3.05) is 18.5 Å². The van der Waals surface area contributed by atoms with Gasteiger partial charge in [-0.05, 0) is 45.1 Å². The minimum absolute atomic E-state index is 0.119. The fourth-order valence-corrected chi connectivity index (χ4v) is 6.61. The molecule has 3 heterocycles. The van der Waals surface area contributed by atoms with Gasteiger partial charge in [0.25, 0.3) is 11.5 Å². The summed E-state index contributed by atoms with van der Waals surface area (Å²) in [6.07, 6.45) is 1.67. The molecule has 1 saturated heterocycles. The quantitative estimate of drug-likeness (QED) is 0.491. The molecule has 0 unspecified atom stereocenters. The third-order valence-corrected chi connectivity index (χ3v) is 8.54. The van der Waals surface area contributed by atoms with Gasteiger partial charge in [0.1, 0.15) is 19.9 Å². The van der Waals surface area contributed by atoms with E-state index in [0.717, 1.165) is 17.3 Å². The second-order valence-electron chi connectivity index (χ2n) is 7.40. The average molecular weight is 485 g/mol. The Morgan fingerprint density at radius 2 is 1.84 bits per heavy atom. The lowest BCUT2D eigenvalue weighted by Gasteiger charge is -2.17. The van der Waals surface area contributed by atoms with Crippen molar-refractivity contribution in [2.24, 2.45) is 0 Å². The maximum atomic E-state index is 13.5. The zero-order valence-electron chi connectivity index (χ0n) is 18.4. The summed E-state index contributed by atoms with van der Waals surface area (Å²) in [6, 6.07) is 9.32. The summed E-state index contributed by atoms with van der Waals surface area (Å²) in [5.41, 5.74) is 2.13. The maximum Gasteiger partial charge on any atom is 0.284 e. The van der Waals surface area contributed by atoms with Crippen LogP contribution in [-0.2, 0) is 11.3 Å². The Labute approximate surface area is 200 Å². The predicted molar refractivity (Wildman–Crippen MR) is 137 cm³/mol. The number of hydrogen-bond acceptors (Lipinski definition) is 6. The van der Waals surface area contributed by atoms with Crippen molar-refractivity contribution in [3.8, 4) is 0 Å². The number of rotatable bonds is 4. The van der Waals surface area contributed by atoms with Gasteiger partial charge in [0.2, 0.25) is 0 Å². The number of thiocarbonyl (C=S) groups is 1. The number of anilines is 1. The molecule has 1 aromatic carbocycles. The largest absolute Gasteiger partial charge is 0.338 e. The smallest absolute Gasteiger partial charge is 0.284 e. The van der Waals surface area contributed by atoms with Crippen molar-refractivity contribution in [2.45, 2.75) is 27.3 Å². The molecule has 0 N–H and O–H groups in total. The number of amides is 1. The molecule has 2 aliphatic heterocycles. The Kier molecular flexibility index (Phi) is 6.15. The van der Waals surface area contributed by atoms with E-state index in [1.54, 1.807) is 34.4 Å². The molecule has 4 rings (SSSR count). The van der Waals surface area contributed by atoms with Crippen LogP contribution in [0.25, 0.3) is 10.7 Å². The van der Waals surface area contributed by atoms with Crippen molar-refractivity contribution < 1.29 is 4.79 Å². The van der Waals surface area contributed by atoms with Crippen LogP contribution in [0.1, 0.15) is 20.8 Å². The van der Waals surface area contributed by atoms with E-state index < -0.39 is 0 Å². The molecule has 0 atom stereocenters. The lowest BCUT2D eigenvalue weighted by atomic mass is 10.3. The summed E-state index contributed by atoms with van der Waals surface area (Å²) < 4.78 is 2.84. The summed E-state index contributed by atoms with van der Waals surface area (Å²) in [5.74, 6) is -0.240. The topological polar surface area (TPSA) is 48.8 Å². The van der Waals surface area contributed by atoms with E-state index in [-0.39, 0.29) is 11.5 Å². The minimum atomic E-state index is -0.240. The molecular weight excluding hydrogens is 460 g/mol. The highest BCUT2D eigenvalue weighted by Crippen LogP contribution is 2.40. The highest BCUT2D eigenvalue weighted by molar-refractivity contribution is 8.11. The van der Waals surface area contributed by atoms with Crippen LogP contribution in [-0.4, -0.2) is 39.0 Å². The lowest BCUT2D eigenvalue weighted by Crippen LogP contribution is -2.35. The van der Waals surface area contributed by atoms with Gasteiger partial charge in [0.05, 0.1) is 5.69 Å². The Morgan fingerprint density at radius 3 is 2.47 bits per heavy atom. The van der Waals surface area contributed by atoms with Gasteiger partial charge in [-0.2, -0.15) is 0 Å². The van der Waals surface area contributed by atoms with Gasteiger partial charge < -0.3 is 9.80 Å². The van der Waals surface area contributed by atoms with Crippen LogP contribution < -0.4 is 19.7 Å². The molecule has 9 heteroatoms. The second kappa shape index (κ2) is 8.73. The lowest BCUT2D eigenvalue weighted by molar-refractivity contribution is -0.112. The van der Waals surface area contributed by atoms with Crippen molar-refractivity contribution in [1.29, 1.82) is 0 Å². The van der Waals surface area contributed by atoms with Gasteiger partial charge in [-0.15, -0.1) is 17.9 Å². The number of hydrogen-bond donors (Lipinski definition) is 0. The Morgan fingerprint density at radius 1 is 1.16 bits per heavy atom. The van der Waals surface area contributed by atoms with E-state index in [1.807, 2.05) is 30.3 Å². The van der Waals surface area contributed by atoms with Crippen molar-refractivity contribution in [1.82, 2.24) is 14.4 Å². The first-order valence-electron chi connectivity index (χ1n) is 10.2. The fraction of sp³-hybridized carbons (Fsp3) is 0.261. The summed E-state index contributed by atoms with van der Waals surface area (Å²) in [5, 5.41) is 1.30. The van der Waals surface area contributed by atoms with Crippen LogP contribution in [0.5, 0.6) is 0 Å². The first kappa shape index (κ1) is 22.6. The van der Waals surface area contributed by atoms with Gasteiger partial charge >= 0.3 is 0 Å². The van der Waals surface area contributed by atoms with E-state index in [2.05, 4.69) is 32.3 Å². The number of aromatic nitrogens is 1. The van der Waals surface area contributed by atoms with Crippen molar-refractivity contribution in [3.05, 3.63) is 73.1 Å². The Bertz CT molecular complexity index is 1340. The molecule has 1 amide bonds. The molecular formula is C23H24N4O2S3. The third-order valence-electron chi connectivity index (χ3n) is 5.55. The first-order chi connectivity index (χ1) is 15.3. The van der Waals surface area contributed by atoms with Crippen LogP contribution in [0.4, 0.5) is 5.69 Å². The van der Waals surface area contributed by atoms with Crippen LogP contribution in [0.15, 0.2) is 58.4 Å². The molecule has 0 bridgehead atoms. The number of allylic oxidation sites excluding steroid dienone is 3. The highest BCUT2D eigenvalue weighted by atomic mass is 32.2. The Hall–Kier alpha value is -2.62. The molecule has 1 fully saturated rings. The number of thioether (sulfide) groups is 1. The average Bonchev–Trinajstić information content (AvgIpc) is 3.33. The zero-order valence-corrected chi connectivity index (χ0v) is 20.9. The number of likely N-dealkylation sites (N-methyl/N-ethyl adjacent to an activating group) is 1. The van der Waals surface area contributed by atoms with Gasteiger partial charge in [-0.1, -0.05) is 36.0 Å². The normalized spacial score (nSPS) is 20.2. The van der Waals surface area contributed by atoms with Crippen LogP contribution in [0.3, 0.4) is 0 Å². The van der Waals surface area contributed by atoms with Gasteiger partial charge in [0, 0.05) is 30.7 Å². The predicted octanol–water partition coefficient (Wildman–Crippen LogP) is 2.85. The van der Waals surface area contributed by atoms with E-state index >= 15 is 0 Å². The third kappa shape index (κ3) is 3.44. The van der Waals surface area contributed by atoms with Gasteiger partial charge in [-0.25, -0.2) is 0 Å². The number of carbonyl (C=O) groups is 1. The van der Waals surface area contributed by atoms with Crippen LogP contribution in [0.2, 0.25) is 0 Å². The molecule has 1 aromatic heterocycles. The summed E-state index contributed by atoms with van der Waals surface area (Å²) in [4.78, 5) is 33.6. The van der Waals surface area contributed by atoms with Crippen LogP contribution >= 0.6 is 35.3 Å². The maximum absolute atomic E-state index is 13.5. The van der Waals surface area contributed by atoms with Gasteiger partial charge in [-0.3, -0.25) is 19.1 Å². The van der Waals surface area contributed by atoms with Gasteiger partial charge in [0.15, 0.2) is 5.11 Å². The molecule has 6 nitrogen and oxygen atoms in total. The molecule has 0 saturated carbocycles. The van der Waals surface area contributed by atoms with E-state index in [4.69, 9.17) is 12.2 Å². The molecule has 0 radical (unpaired) electrons. The minimum Gasteiger partial charge on any atom is -0.338 e. The summed E-state index contributed by atoms with van der Waals surface area (Å²) in [7, 11) is 1.77. The standard InChI is InChI=1S/C23H24N4O2S3/c1-6-13-26-20(29)18(22-25(7-2)14(3)15(4)31-22)32-21(26)17-19(28)27(23(30)24(17)5)16-11-9-8-10-12-16/h6,8-12H,1,7,13H2,2-5H3/b21-17-,22-18-. The van der Waals surface area contributed by atoms with E-state index in [0.29, 0.717) is 32.2 Å². The molecule has 32 heavy (non-hydrogen) atoms. The molecule has 0 spiro atoms. The first-order valence-corrected chi connectivity index (χ1v) is 12.2. The Balaban J connectivity index is 2.01. The molecule has 166 valence electrons. The SMILES string of the molecule is C=CCn1c(=O)/c(=C2/SC(C)=C(C)N2CC)s/c1=C1/C(=O)N(c2ccccc2)C(=S)N1C.